The molecule has 37 heavy (non-hydrogen) atoms. The molecule has 0 unspecified atom stereocenters. The van der Waals surface area contributed by atoms with Crippen molar-refractivity contribution in [2.45, 2.75) is 19.0 Å². The Labute approximate surface area is 232 Å². The summed E-state index contributed by atoms with van der Waals surface area (Å²) < 4.78 is 26.4. The highest BCUT2D eigenvalue weighted by Crippen LogP contribution is 2.33. The third-order valence-electron chi connectivity index (χ3n) is 5.66. The Morgan fingerprint density at radius 1 is 0.892 bits per heavy atom. The molecular formula is C26H26Cl3N3O4S. The zero-order chi connectivity index (χ0) is 27.2. The summed E-state index contributed by atoms with van der Waals surface area (Å²) in [4.78, 5) is 28.3. The Morgan fingerprint density at radius 2 is 1.54 bits per heavy atom. The van der Waals surface area contributed by atoms with E-state index in [1.165, 1.54) is 24.1 Å². The summed E-state index contributed by atoms with van der Waals surface area (Å²) in [5, 5.41) is 3.29. The van der Waals surface area contributed by atoms with Crippen LogP contribution in [0.2, 0.25) is 15.1 Å². The molecule has 0 bridgehead atoms. The molecular weight excluding hydrogens is 557 g/mol. The molecule has 0 aromatic heterocycles. The van der Waals surface area contributed by atoms with E-state index in [2.05, 4.69) is 5.32 Å². The van der Waals surface area contributed by atoms with Crippen molar-refractivity contribution in [3.63, 3.8) is 0 Å². The number of hydrogen-bond donors (Lipinski definition) is 1. The van der Waals surface area contributed by atoms with Gasteiger partial charge in [0.25, 0.3) is 0 Å². The summed E-state index contributed by atoms with van der Waals surface area (Å²) in [5.74, 6) is -0.987. The third-order valence-corrected chi connectivity index (χ3v) is 7.85. The first-order valence-electron chi connectivity index (χ1n) is 11.2. The van der Waals surface area contributed by atoms with E-state index in [0.717, 1.165) is 16.1 Å². The number of hydrogen-bond acceptors (Lipinski definition) is 4. The van der Waals surface area contributed by atoms with Crippen LogP contribution in [0.4, 0.5) is 5.69 Å². The number of nitrogens with one attached hydrogen (secondary N) is 1. The molecule has 0 aliphatic rings. The fourth-order valence-corrected chi connectivity index (χ4v) is 5.21. The predicted octanol–water partition coefficient (Wildman–Crippen LogP) is 4.80. The molecule has 2 amide bonds. The van der Waals surface area contributed by atoms with E-state index in [-0.39, 0.29) is 28.7 Å². The molecule has 0 saturated heterocycles. The van der Waals surface area contributed by atoms with Crippen LogP contribution >= 0.6 is 34.8 Å². The van der Waals surface area contributed by atoms with Crippen LogP contribution in [0.25, 0.3) is 0 Å². The van der Waals surface area contributed by atoms with E-state index in [4.69, 9.17) is 34.8 Å². The van der Waals surface area contributed by atoms with Crippen LogP contribution in [0.3, 0.4) is 0 Å². The number of anilines is 1. The number of halogens is 3. The maximum atomic E-state index is 13.8. The topological polar surface area (TPSA) is 86.8 Å². The minimum atomic E-state index is -3.95. The molecule has 0 aliphatic heterocycles. The first kappa shape index (κ1) is 28.8. The van der Waals surface area contributed by atoms with Crippen molar-refractivity contribution in [3.05, 3.63) is 99.0 Å². The van der Waals surface area contributed by atoms with E-state index >= 15 is 0 Å². The van der Waals surface area contributed by atoms with E-state index in [1.54, 1.807) is 30.3 Å². The maximum Gasteiger partial charge on any atom is 0.244 e. The fraction of sp³-hybridized carbons (Fsp3) is 0.231. The number of carbonyl (C=O) groups excluding carboxylic acids is 2. The van der Waals surface area contributed by atoms with Gasteiger partial charge in [-0.05, 0) is 35.4 Å². The van der Waals surface area contributed by atoms with Gasteiger partial charge < -0.3 is 10.2 Å². The SMILES string of the molecule is CNC(=O)[C@@H](Cc1ccccc1)N(Cc1ccc(Cl)cc1)C(=O)CN(c1cccc(Cl)c1Cl)S(C)(=O)=O. The Bertz CT molecular complexity index is 1350. The number of nitrogens with zero attached hydrogens (tertiary/aromatic N) is 2. The number of carbonyl (C=O) groups is 2. The number of benzene rings is 3. The normalized spacial score (nSPS) is 12.0. The monoisotopic (exact) mass is 581 g/mol. The van der Waals surface area contributed by atoms with Crippen molar-refractivity contribution >= 4 is 62.3 Å². The number of amides is 2. The smallest absolute Gasteiger partial charge is 0.244 e. The van der Waals surface area contributed by atoms with E-state index in [1.807, 2.05) is 30.3 Å². The zero-order valence-corrected chi connectivity index (χ0v) is 23.3. The van der Waals surface area contributed by atoms with E-state index in [9.17, 15) is 18.0 Å². The van der Waals surface area contributed by atoms with E-state index < -0.39 is 34.4 Å². The Balaban J connectivity index is 2.05. The van der Waals surface area contributed by atoms with Gasteiger partial charge in [0.15, 0.2) is 0 Å². The van der Waals surface area contributed by atoms with Gasteiger partial charge in [-0.2, -0.15) is 0 Å². The Kier molecular flexibility index (Phi) is 9.84. The van der Waals surface area contributed by atoms with Crippen molar-refractivity contribution in [1.82, 2.24) is 10.2 Å². The lowest BCUT2D eigenvalue weighted by Gasteiger charge is -2.33. The summed E-state index contributed by atoms with van der Waals surface area (Å²) in [5.41, 5.74) is 1.62. The molecule has 196 valence electrons. The second kappa shape index (κ2) is 12.6. The van der Waals surface area contributed by atoms with Crippen LogP contribution in [0, 0.1) is 0 Å². The van der Waals surface area contributed by atoms with Crippen LogP contribution in [-0.4, -0.2) is 51.0 Å². The maximum absolute atomic E-state index is 13.8. The molecule has 3 aromatic rings. The van der Waals surface area contributed by atoms with Crippen molar-refractivity contribution in [3.8, 4) is 0 Å². The predicted molar refractivity (Wildman–Crippen MR) is 149 cm³/mol. The van der Waals surface area contributed by atoms with Gasteiger partial charge in [0, 0.05) is 25.0 Å². The standard InChI is InChI=1S/C26H26Cl3N3O4S/c1-30-26(34)23(15-18-7-4-3-5-8-18)31(16-19-11-13-20(27)14-12-19)24(33)17-32(37(2,35)36)22-10-6-9-21(28)25(22)29/h3-14,23H,15-17H2,1-2H3,(H,30,34)/t23-/m1/s1. The quantitative estimate of drug-likeness (QED) is 0.372. The summed E-state index contributed by atoms with van der Waals surface area (Å²) >= 11 is 18.4. The molecule has 1 atom stereocenters. The minimum Gasteiger partial charge on any atom is -0.357 e. The minimum absolute atomic E-state index is 0.00113. The second-order valence-corrected chi connectivity index (χ2v) is 11.4. The Hall–Kier alpha value is -2.78. The molecule has 0 heterocycles. The molecule has 0 fully saturated rings. The molecule has 11 heteroatoms. The average molecular weight is 583 g/mol. The number of sulfonamides is 1. The first-order valence-corrected chi connectivity index (χ1v) is 14.2. The van der Waals surface area contributed by atoms with Crippen LogP contribution in [-0.2, 0) is 32.6 Å². The van der Waals surface area contributed by atoms with Crippen molar-refractivity contribution in [2.24, 2.45) is 0 Å². The molecule has 3 aromatic carbocycles. The van der Waals surface area contributed by atoms with Crippen LogP contribution in [0.5, 0.6) is 0 Å². The highest BCUT2D eigenvalue weighted by Gasteiger charge is 2.33. The summed E-state index contributed by atoms with van der Waals surface area (Å²) in [6, 6.07) is 19.7. The van der Waals surface area contributed by atoms with Gasteiger partial charge in [0.2, 0.25) is 21.8 Å². The molecule has 0 aliphatic carbocycles. The van der Waals surface area contributed by atoms with Gasteiger partial charge in [0.05, 0.1) is 22.0 Å². The van der Waals surface area contributed by atoms with Crippen LogP contribution in [0.15, 0.2) is 72.8 Å². The van der Waals surface area contributed by atoms with Crippen LogP contribution < -0.4 is 9.62 Å². The van der Waals surface area contributed by atoms with Crippen LogP contribution in [0.1, 0.15) is 11.1 Å². The highest BCUT2D eigenvalue weighted by atomic mass is 35.5. The van der Waals surface area contributed by atoms with Gasteiger partial charge in [-0.3, -0.25) is 13.9 Å². The Morgan fingerprint density at radius 3 is 2.14 bits per heavy atom. The lowest BCUT2D eigenvalue weighted by molar-refractivity contribution is -0.139. The van der Waals surface area contributed by atoms with Gasteiger partial charge in [0.1, 0.15) is 12.6 Å². The fourth-order valence-electron chi connectivity index (χ4n) is 3.79. The zero-order valence-electron chi connectivity index (χ0n) is 20.2. The first-order chi connectivity index (χ1) is 17.5. The number of rotatable bonds is 10. The van der Waals surface area contributed by atoms with Crippen molar-refractivity contribution < 1.29 is 18.0 Å². The molecule has 1 N–H and O–H groups in total. The van der Waals surface area contributed by atoms with Crippen molar-refractivity contribution in [1.29, 1.82) is 0 Å². The van der Waals surface area contributed by atoms with Gasteiger partial charge in [-0.1, -0.05) is 83.3 Å². The molecule has 0 radical (unpaired) electrons. The summed E-state index contributed by atoms with van der Waals surface area (Å²) in [7, 11) is -2.46. The molecule has 3 rings (SSSR count). The average Bonchev–Trinajstić information content (AvgIpc) is 2.87. The summed E-state index contributed by atoms with van der Waals surface area (Å²) in [6.45, 7) is -0.545. The molecule has 0 spiro atoms. The largest absolute Gasteiger partial charge is 0.357 e. The third kappa shape index (κ3) is 7.61. The van der Waals surface area contributed by atoms with Gasteiger partial charge in [-0.25, -0.2) is 8.42 Å². The summed E-state index contributed by atoms with van der Waals surface area (Å²) in [6.07, 6.45) is 1.19. The molecule has 0 saturated carbocycles. The van der Waals surface area contributed by atoms with Crippen molar-refractivity contribution in [2.75, 3.05) is 24.2 Å². The van der Waals surface area contributed by atoms with E-state index in [0.29, 0.717) is 10.6 Å². The molecule has 7 nitrogen and oxygen atoms in total. The van der Waals surface area contributed by atoms with Gasteiger partial charge >= 0.3 is 0 Å². The second-order valence-electron chi connectivity index (χ2n) is 8.31. The number of likely N-dealkylation sites (N-methyl/N-ethyl adjacent to an activating group) is 1. The van der Waals surface area contributed by atoms with Gasteiger partial charge in [-0.15, -0.1) is 0 Å². The lowest BCUT2D eigenvalue weighted by atomic mass is 10.0. The highest BCUT2D eigenvalue weighted by molar-refractivity contribution is 7.92. The lowest BCUT2D eigenvalue weighted by Crippen LogP contribution is -2.52.